The van der Waals surface area contributed by atoms with Crippen LogP contribution < -0.4 is 5.32 Å². The number of hydrogen-bond acceptors (Lipinski definition) is 6. The molecule has 21 heavy (non-hydrogen) atoms. The summed E-state index contributed by atoms with van der Waals surface area (Å²) in [4.78, 5) is 16.9. The number of nitrogens with one attached hydrogen (secondary N) is 1. The van der Waals surface area contributed by atoms with Crippen molar-refractivity contribution < 1.29 is 9.34 Å². The van der Waals surface area contributed by atoms with E-state index in [0.717, 1.165) is 13.0 Å². The summed E-state index contributed by atoms with van der Waals surface area (Å²) in [5, 5.41) is 14.0. The number of oxazole rings is 1. The Balaban J connectivity index is 1.97. The number of nitro benzene ring substituents is 1. The Labute approximate surface area is 123 Å². The number of anilines is 1. The Morgan fingerprint density at radius 1 is 1.48 bits per heavy atom. The summed E-state index contributed by atoms with van der Waals surface area (Å²) >= 11 is 0. The smallest absolute Gasteiger partial charge is 0.298 e. The molecule has 0 fully saturated rings. The Morgan fingerprint density at radius 3 is 2.90 bits per heavy atom. The number of nitrogens with zero attached hydrogens (tertiary/aromatic N) is 3. The zero-order valence-corrected chi connectivity index (χ0v) is 12.5. The normalized spacial score (nSPS) is 11.5. The lowest BCUT2D eigenvalue weighted by Crippen LogP contribution is -2.28. The topological polar surface area (TPSA) is 84.4 Å². The molecular formula is C14H20N4O3. The van der Waals surface area contributed by atoms with Gasteiger partial charge < -0.3 is 14.6 Å². The molecule has 7 heteroatoms. The summed E-state index contributed by atoms with van der Waals surface area (Å²) in [5.41, 5.74) is 0.666. The first kappa shape index (κ1) is 15.2. The molecule has 0 atom stereocenters. The fourth-order valence-electron chi connectivity index (χ4n) is 1.94. The van der Waals surface area contributed by atoms with Gasteiger partial charge in [0, 0.05) is 18.7 Å². The van der Waals surface area contributed by atoms with Crippen LogP contribution in [0.15, 0.2) is 22.6 Å². The molecule has 2 rings (SSSR count). The second-order valence-electron chi connectivity index (χ2n) is 5.25. The monoisotopic (exact) mass is 292 g/mol. The highest BCUT2D eigenvalue weighted by Gasteiger charge is 2.17. The molecule has 0 bridgehead atoms. The van der Waals surface area contributed by atoms with Crippen LogP contribution in [0, 0.1) is 10.1 Å². The van der Waals surface area contributed by atoms with E-state index < -0.39 is 4.92 Å². The van der Waals surface area contributed by atoms with Crippen LogP contribution in [0.25, 0.3) is 11.1 Å². The second kappa shape index (κ2) is 6.53. The number of para-hydroxylation sites is 1. The lowest BCUT2D eigenvalue weighted by Gasteiger charge is -2.20. The lowest BCUT2D eigenvalue weighted by atomic mass is 10.3. The Kier molecular flexibility index (Phi) is 4.74. The standard InChI is InChI=1S/C14H20N4O3/c1-10(2)17(3)9-5-8-15-14-16-13-11(18(19)20)6-4-7-12(13)21-14/h4,6-7,10H,5,8-9H2,1-3H3,(H,15,16). The van der Waals surface area contributed by atoms with E-state index in [4.69, 9.17) is 4.42 Å². The van der Waals surface area contributed by atoms with Gasteiger partial charge in [0.05, 0.1) is 4.92 Å². The molecular weight excluding hydrogens is 272 g/mol. The van der Waals surface area contributed by atoms with Crippen molar-refractivity contribution in [3.05, 3.63) is 28.3 Å². The van der Waals surface area contributed by atoms with Crippen molar-refractivity contribution in [3.63, 3.8) is 0 Å². The van der Waals surface area contributed by atoms with Gasteiger partial charge in [0.25, 0.3) is 11.7 Å². The first-order valence-electron chi connectivity index (χ1n) is 6.97. The summed E-state index contributed by atoms with van der Waals surface area (Å²) in [6.07, 6.45) is 0.940. The quantitative estimate of drug-likeness (QED) is 0.480. The van der Waals surface area contributed by atoms with E-state index >= 15 is 0 Å². The van der Waals surface area contributed by atoms with Gasteiger partial charge in [0.2, 0.25) is 0 Å². The molecule has 0 aliphatic carbocycles. The maximum absolute atomic E-state index is 10.9. The number of hydrogen-bond donors (Lipinski definition) is 1. The predicted octanol–water partition coefficient (Wildman–Crippen LogP) is 2.88. The summed E-state index contributed by atoms with van der Waals surface area (Å²) < 4.78 is 5.47. The Morgan fingerprint density at radius 2 is 2.24 bits per heavy atom. The van der Waals surface area contributed by atoms with Gasteiger partial charge in [-0.3, -0.25) is 10.1 Å². The summed E-state index contributed by atoms with van der Waals surface area (Å²) in [6, 6.07) is 5.52. The van der Waals surface area contributed by atoms with E-state index in [1.165, 1.54) is 6.07 Å². The number of nitro groups is 1. The third-order valence-electron chi connectivity index (χ3n) is 3.44. The van der Waals surface area contributed by atoms with Crippen LogP contribution in [0.3, 0.4) is 0 Å². The molecule has 0 saturated heterocycles. The van der Waals surface area contributed by atoms with Gasteiger partial charge in [0.15, 0.2) is 11.1 Å². The van der Waals surface area contributed by atoms with E-state index in [1.54, 1.807) is 12.1 Å². The van der Waals surface area contributed by atoms with Crippen molar-refractivity contribution in [1.29, 1.82) is 0 Å². The van der Waals surface area contributed by atoms with Crippen LogP contribution in [0.1, 0.15) is 20.3 Å². The molecule has 0 amide bonds. The third kappa shape index (κ3) is 3.69. The van der Waals surface area contributed by atoms with Crippen LogP contribution in [-0.2, 0) is 0 Å². The maximum atomic E-state index is 10.9. The molecule has 1 aromatic heterocycles. The van der Waals surface area contributed by atoms with Crippen LogP contribution in [-0.4, -0.2) is 41.0 Å². The largest absolute Gasteiger partial charge is 0.423 e. The molecule has 0 aliphatic rings. The lowest BCUT2D eigenvalue weighted by molar-refractivity contribution is -0.383. The molecule has 2 aromatic rings. The van der Waals surface area contributed by atoms with Gasteiger partial charge in [-0.1, -0.05) is 6.07 Å². The third-order valence-corrected chi connectivity index (χ3v) is 3.44. The minimum absolute atomic E-state index is 0.0381. The first-order valence-corrected chi connectivity index (χ1v) is 6.97. The van der Waals surface area contributed by atoms with Crippen molar-refractivity contribution in [1.82, 2.24) is 9.88 Å². The molecule has 0 spiro atoms. The summed E-state index contributed by atoms with van der Waals surface area (Å²) in [5.74, 6) is 0. The van der Waals surface area contributed by atoms with Crippen LogP contribution >= 0.6 is 0 Å². The Hall–Kier alpha value is -2.15. The molecule has 1 aromatic carbocycles. The second-order valence-corrected chi connectivity index (χ2v) is 5.25. The zero-order chi connectivity index (χ0) is 15.4. The number of aromatic nitrogens is 1. The SMILES string of the molecule is CC(C)N(C)CCCNc1nc2c([N+](=O)[O-])cccc2o1. The number of benzene rings is 1. The summed E-state index contributed by atoms with van der Waals surface area (Å²) in [7, 11) is 2.08. The van der Waals surface area contributed by atoms with E-state index in [2.05, 4.69) is 36.1 Å². The minimum Gasteiger partial charge on any atom is -0.423 e. The van der Waals surface area contributed by atoms with Crippen molar-refractivity contribution in [2.45, 2.75) is 26.3 Å². The number of rotatable bonds is 7. The molecule has 114 valence electrons. The van der Waals surface area contributed by atoms with Crippen molar-refractivity contribution >= 4 is 22.8 Å². The maximum Gasteiger partial charge on any atom is 0.298 e. The number of non-ortho nitro benzene ring substituents is 1. The average molecular weight is 292 g/mol. The summed E-state index contributed by atoms with van der Waals surface area (Å²) in [6.45, 7) is 5.96. The Bertz CT molecular complexity index is 624. The van der Waals surface area contributed by atoms with E-state index in [-0.39, 0.29) is 11.2 Å². The minimum atomic E-state index is -0.452. The molecule has 0 radical (unpaired) electrons. The van der Waals surface area contributed by atoms with Gasteiger partial charge in [-0.15, -0.1) is 0 Å². The van der Waals surface area contributed by atoms with Gasteiger partial charge in [0.1, 0.15) is 0 Å². The molecule has 0 unspecified atom stereocenters. The fourth-order valence-corrected chi connectivity index (χ4v) is 1.94. The predicted molar refractivity (Wildman–Crippen MR) is 81.5 cm³/mol. The molecule has 1 heterocycles. The molecule has 1 N–H and O–H groups in total. The van der Waals surface area contributed by atoms with Gasteiger partial charge in [-0.25, -0.2) is 0 Å². The molecule has 0 aliphatic heterocycles. The van der Waals surface area contributed by atoms with E-state index in [9.17, 15) is 10.1 Å². The highest BCUT2D eigenvalue weighted by Crippen LogP contribution is 2.27. The average Bonchev–Trinajstić information content (AvgIpc) is 2.85. The molecule has 0 saturated carbocycles. The number of fused-ring (bicyclic) bond motifs is 1. The van der Waals surface area contributed by atoms with Crippen molar-refractivity contribution in [3.8, 4) is 0 Å². The van der Waals surface area contributed by atoms with E-state index in [0.29, 0.717) is 24.2 Å². The van der Waals surface area contributed by atoms with E-state index in [1.807, 2.05) is 0 Å². The van der Waals surface area contributed by atoms with Gasteiger partial charge in [-0.2, -0.15) is 4.98 Å². The van der Waals surface area contributed by atoms with Gasteiger partial charge >= 0.3 is 0 Å². The zero-order valence-electron chi connectivity index (χ0n) is 12.5. The van der Waals surface area contributed by atoms with Crippen molar-refractivity contribution in [2.24, 2.45) is 0 Å². The fraction of sp³-hybridized carbons (Fsp3) is 0.500. The van der Waals surface area contributed by atoms with Crippen LogP contribution in [0.5, 0.6) is 0 Å². The van der Waals surface area contributed by atoms with Crippen LogP contribution in [0.2, 0.25) is 0 Å². The van der Waals surface area contributed by atoms with Crippen LogP contribution in [0.4, 0.5) is 11.7 Å². The molecule has 7 nitrogen and oxygen atoms in total. The first-order chi connectivity index (χ1) is 9.99. The highest BCUT2D eigenvalue weighted by molar-refractivity contribution is 5.83. The van der Waals surface area contributed by atoms with Crippen molar-refractivity contribution in [2.75, 3.05) is 25.5 Å². The highest BCUT2D eigenvalue weighted by atomic mass is 16.6. The van der Waals surface area contributed by atoms with Gasteiger partial charge in [-0.05, 0) is 39.9 Å².